The number of rotatable bonds is 33. The first kappa shape index (κ1) is 62.5. The van der Waals surface area contributed by atoms with Gasteiger partial charge in [0.05, 0.1) is 77.0 Å². The lowest BCUT2D eigenvalue weighted by Gasteiger charge is -2.28. The number of aromatic carboxylic acids is 1. The molecule has 0 saturated heterocycles. The molecule has 23 nitrogen and oxygen atoms in total. The van der Waals surface area contributed by atoms with E-state index in [1.807, 2.05) is 0 Å². The van der Waals surface area contributed by atoms with Crippen LogP contribution in [0, 0.1) is 0 Å². The van der Waals surface area contributed by atoms with Crippen LogP contribution < -0.4 is 16.1 Å². The van der Waals surface area contributed by atoms with Crippen molar-refractivity contribution in [1.82, 2.24) is 15.7 Å². The SMILES string of the molecule is CCN(OP(=O)(O)OCC(COC(=O)CCCCCNC(=O)OC(C)(C)C)OC(C)(C)C)C(=O)CCOCCOCCOCCOCCNC(=O)c1ccc(-c2c3ccc(=O)cc-3oc3cc(O)ccc23)c(C(=O)O)c1. The third-order valence-corrected chi connectivity index (χ3v) is 11.3. The number of amides is 3. The Morgan fingerprint density at radius 3 is 2.04 bits per heavy atom. The molecule has 2 atom stereocenters. The molecule has 1 aliphatic heterocycles. The van der Waals surface area contributed by atoms with Crippen LogP contribution in [0.4, 0.5) is 4.79 Å². The number of phenols is 1. The molecule has 76 heavy (non-hydrogen) atoms. The molecule has 24 heteroatoms. The first-order chi connectivity index (χ1) is 35.9. The third kappa shape index (κ3) is 22.7. The molecular formula is C52H72N3O20P. The zero-order chi connectivity index (χ0) is 55.9. The van der Waals surface area contributed by atoms with Gasteiger partial charge in [0.15, 0.2) is 5.43 Å². The number of carboxylic acid groups (broad SMARTS) is 1. The van der Waals surface area contributed by atoms with Gasteiger partial charge < -0.3 is 63.3 Å². The first-order valence-electron chi connectivity index (χ1n) is 24.9. The lowest BCUT2D eigenvalue weighted by atomic mass is 9.90. The molecule has 1 aliphatic carbocycles. The largest absolute Gasteiger partial charge is 0.508 e. The fraction of sp³-hybridized carbons (Fsp3) is 0.538. The number of ether oxygens (including phenoxy) is 7. The number of benzene rings is 3. The summed E-state index contributed by atoms with van der Waals surface area (Å²) in [6.45, 7) is 13.3. The predicted molar refractivity (Wildman–Crippen MR) is 276 cm³/mol. The van der Waals surface area contributed by atoms with Gasteiger partial charge in [-0.25, -0.2) is 19.2 Å². The van der Waals surface area contributed by atoms with Gasteiger partial charge in [0.1, 0.15) is 35.4 Å². The van der Waals surface area contributed by atoms with Crippen molar-refractivity contribution in [3.63, 3.8) is 0 Å². The normalized spacial score (nSPS) is 13.0. The summed E-state index contributed by atoms with van der Waals surface area (Å²) in [4.78, 5) is 85.0. The van der Waals surface area contributed by atoms with E-state index in [9.17, 15) is 48.4 Å². The lowest BCUT2D eigenvalue weighted by molar-refractivity contribution is -0.165. The second-order valence-electron chi connectivity index (χ2n) is 19.0. The number of carboxylic acids is 1. The van der Waals surface area contributed by atoms with E-state index in [0.717, 1.165) is 0 Å². The van der Waals surface area contributed by atoms with Gasteiger partial charge in [-0.3, -0.25) is 23.7 Å². The predicted octanol–water partition coefficient (Wildman–Crippen LogP) is 6.86. The van der Waals surface area contributed by atoms with Crippen LogP contribution in [0.2, 0.25) is 0 Å². The summed E-state index contributed by atoms with van der Waals surface area (Å²) >= 11 is 0. The highest BCUT2D eigenvalue weighted by molar-refractivity contribution is 7.47. The Bertz CT molecular complexity index is 2610. The summed E-state index contributed by atoms with van der Waals surface area (Å²) in [7, 11) is -4.82. The van der Waals surface area contributed by atoms with E-state index in [4.69, 9.17) is 46.7 Å². The smallest absolute Gasteiger partial charge is 0.494 e. The minimum Gasteiger partial charge on any atom is -0.508 e. The van der Waals surface area contributed by atoms with Crippen LogP contribution in [0.3, 0.4) is 0 Å². The van der Waals surface area contributed by atoms with Gasteiger partial charge in [0.2, 0.25) is 5.91 Å². The summed E-state index contributed by atoms with van der Waals surface area (Å²) in [5.41, 5.74) is -0.230. The van der Waals surface area contributed by atoms with E-state index in [-0.39, 0.29) is 125 Å². The molecule has 2 aromatic carbocycles. The van der Waals surface area contributed by atoms with Crippen LogP contribution in [0.1, 0.15) is 101 Å². The minimum absolute atomic E-state index is 0.0296. The molecule has 5 N–H and O–H groups in total. The van der Waals surface area contributed by atoms with Gasteiger partial charge in [0, 0.05) is 60.3 Å². The molecule has 0 fully saturated rings. The van der Waals surface area contributed by atoms with Crippen molar-refractivity contribution < 1.29 is 90.4 Å². The van der Waals surface area contributed by atoms with E-state index in [2.05, 4.69) is 10.6 Å². The molecule has 2 unspecified atom stereocenters. The molecule has 3 amide bonds. The second kappa shape index (κ2) is 30.7. The highest BCUT2D eigenvalue weighted by Crippen LogP contribution is 2.45. The summed E-state index contributed by atoms with van der Waals surface area (Å²) in [5, 5.41) is 26.8. The number of hydrogen-bond donors (Lipinski definition) is 5. The number of nitrogens with zero attached hydrogens (tertiary/aromatic N) is 1. The van der Waals surface area contributed by atoms with Gasteiger partial charge in [0.25, 0.3) is 5.91 Å². The maximum absolute atomic E-state index is 13.0. The molecule has 420 valence electrons. The zero-order valence-electron chi connectivity index (χ0n) is 44.2. The van der Waals surface area contributed by atoms with E-state index in [1.54, 1.807) is 60.6 Å². The molecule has 0 bridgehead atoms. The molecule has 2 aliphatic rings. The number of carbonyl (C=O) groups is 5. The van der Waals surface area contributed by atoms with Crippen molar-refractivity contribution in [2.45, 2.75) is 97.9 Å². The Labute approximate surface area is 441 Å². The number of hydroxylamine groups is 2. The van der Waals surface area contributed by atoms with Crippen molar-refractivity contribution in [2.24, 2.45) is 0 Å². The number of alkyl carbamates (subject to hydrolysis) is 1. The Hall–Kier alpha value is -6.01. The second-order valence-corrected chi connectivity index (χ2v) is 20.4. The van der Waals surface area contributed by atoms with E-state index in [1.165, 1.54) is 42.5 Å². The highest BCUT2D eigenvalue weighted by atomic mass is 31.2. The van der Waals surface area contributed by atoms with Crippen molar-refractivity contribution >= 4 is 48.6 Å². The number of phenolic OH excluding ortho intramolecular Hbond substituents is 1. The van der Waals surface area contributed by atoms with Gasteiger partial charge >= 0.3 is 25.9 Å². The molecule has 1 heterocycles. The lowest BCUT2D eigenvalue weighted by Crippen LogP contribution is -2.35. The number of carbonyl (C=O) groups excluding carboxylic acids is 4. The van der Waals surface area contributed by atoms with E-state index in [0.29, 0.717) is 47.4 Å². The first-order valence-corrected chi connectivity index (χ1v) is 26.4. The van der Waals surface area contributed by atoms with E-state index < -0.39 is 61.6 Å². The fourth-order valence-electron chi connectivity index (χ4n) is 7.17. The van der Waals surface area contributed by atoms with Crippen LogP contribution in [0.25, 0.3) is 33.4 Å². The number of nitrogens with one attached hydrogen (secondary N) is 2. The number of phosphoric ester groups is 1. The minimum atomic E-state index is -4.82. The summed E-state index contributed by atoms with van der Waals surface area (Å²) in [6, 6.07) is 12.8. The average molecular weight is 1090 g/mol. The standard InChI is InChI=1S/C52H72N3O20P/c1-8-55(75-76(64,65)71-34-38(73-51(2,3)4)33-70-46(59)12-10-9-11-20-54-50(63)74-52(5,6)7)45(58)19-22-66-24-26-68-28-29-69-27-25-67-23-21-53-48(60)35-13-16-39(42(30-35)49(61)62)47-40-17-14-36(56)31-43(40)72-44-32-37(57)15-18-41(44)47/h13-18,30-32,38,56H,8-12,19-29,33-34H2,1-7H3,(H,53,60)(H,54,63)(H,61,62)(H,64,65). The van der Waals surface area contributed by atoms with Crippen molar-refractivity contribution in [2.75, 3.05) is 85.7 Å². The molecule has 0 aromatic heterocycles. The van der Waals surface area contributed by atoms with Crippen LogP contribution in [0.15, 0.2) is 63.8 Å². The van der Waals surface area contributed by atoms with Gasteiger partial charge in [-0.1, -0.05) is 12.5 Å². The number of hydrogen-bond acceptors (Lipinski definition) is 18. The Kier molecular flexibility index (Phi) is 25.2. The molecule has 2 aromatic rings. The number of aromatic hydroxyl groups is 1. The monoisotopic (exact) mass is 1090 g/mol. The van der Waals surface area contributed by atoms with Crippen LogP contribution >= 0.6 is 7.82 Å². The quantitative estimate of drug-likeness (QED) is 0.0107. The number of fused-ring (bicyclic) bond motifs is 2. The fourth-order valence-corrected chi connectivity index (χ4v) is 8.03. The molecule has 4 rings (SSSR count). The zero-order valence-corrected chi connectivity index (χ0v) is 45.1. The Morgan fingerprint density at radius 2 is 1.39 bits per heavy atom. The molecule has 0 spiro atoms. The molecule has 0 saturated carbocycles. The van der Waals surface area contributed by atoms with Gasteiger partial charge in [-0.2, -0.15) is 4.62 Å². The van der Waals surface area contributed by atoms with Crippen molar-refractivity contribution in [3.05, 3.63) is 75.9 Å². The summed E-state index contributed by atoms with van der Waals surface area (Å²) in [5.74, 6) is -2.80. The Balaban J connectivity index is 1.05. The maximum atomic E-state index is 13.0. The van der Waals surface area contributed by atoms with Crippen LogP contribution in [-0.4, -0.2) is 153 Å². The van der Waals surface area contributed by atoms with Crippen molar-refractivity contribution in [3.8, 4) is 28.2 Å². The topological polar surface area (TPSA) is 304 Å². The number of esters is 1. The van der Waals surface area contributed by atoms with Crippen LogP contribution in [0.5, 0.6) is 5.75 Å². The number of phosphoric acid groups is 1. The molecule has 0 radical (unpaired) electrons. The summed E-state index contributed by atoms with van der Waals surface area (Å²) < 4.78 is 67.3. The average Bonchev–Trinajstić information content (AvgIpc) is 3.34. The Morgan fingerprint density at radius 1 is 0.737 bits per heavy atom. The number of unbranched alkanes of at least 4 members (excludes halogenated alkanes) is 2. The third-order valence-electron chi connectivity index (χ3n) is 10.4. The maximum Gasteiger partial charge on any atom is 0.494 e. The highest BCUT2D eigenvalue weighted by Gasteiger charge is 2.31. The van der Waals surface area contributed by atoms with Crippen LogP contribution in [-0.2, 0) is 56.5 Å². The van der Waals surface area contributed by atoms with Gasteiger partial charge in [-0.05, 0) is 103 Å². The summed E-state index contributed by atoms with van der Waals surface area (Å²) in [6.07, 6.45) is 0.287. The van der Waals surface area contributed by atoms with E-state index >= 15 is 0 Å². The van der Waals surface area contributed by atoms with Crippen molar-refractivity contribution in [1.29, 1.82) is 0 Å². The molecular weight excluding hydrogens is 1020 g/mol. The van der Waals surface area contributed by atoms with Gasteiger partial charge in [-0.15, -0.1) is 0 Å².